The third kappa shape index (κ3) is 4.01. The molecule has 0 radical (unpaired) electrons. The number of aromatic amines is 1. The second kappa shape index (κ2) is 8.01. The van der Waals surface area contributed by atoms with E-state index < -0.39 is 27.1 Å². The molecular weight excluding hydrogens is 464 g/mol. The van der Waals surface area contributed by atoms with Gasteiger partial charge < -0.3 is 15.0 Å². The van der Waals surface area contributed by atoms with Crippen molar-refractivity contribution in [2.75, 3.05) is 4.90 Å². The Bertz CT molecular complexity index is 1540. The van der Waals surface area contributed by atoms with Gasteiger partial charge in [-0.15, -0.1) is 0 Å². The second-order valence-electron chi connectivity index (χ2n) is 9.75. The number of H-pyrrole nitrogens is 1. The van der Waals surface area contributed by atoms with Crippen LogP contribution in [-0.2, 0) is 27.0 Å². The average Bonchev–Trinajstić information content (AvgIpc) is 3.35. The van der Waals surface area contributed by atoms with Crippen LogP contribution < -0.4 is 9.62 Å². The number of hydrogen-bond donors (Lipinski definition) is 3. The van der Waals surface area contributed by atoms with Crippen molar-refractivity contribution in [2.45, 2.75) is 43.4 Å². The maximum atomic E-state index is 13.7. The van der Waals surface area contributed by atoms with Crippen LogP contribution >= 0.6 is 0 Å². The number of aliphatic hydroxyl groups is 1. The molecule has 4 aromatic rings. The van der Waals surface area contributed by atoms with E-state index in [4.69, 9.17) is 0 Å². The van der Waals surface area contributed by atoms with Gasteiger partial charge in [-0.3, -0.25) is 4.79 Å². The molecule has 3 N–H and O–H groups in total. The van der Waals surface area contributed by atoms with E-state index in [1.807, 2.05) is 24.3 Å². The Morgan fingerprint density at radius 1 is 1.06 bits per heavy atom. The molecule has 3 aromatic carbocycles. The van der Waals surface area contributed by atoms with Crippen LogP contribution in [-0.4, -0.2) is 34.9 Å². The topological polar surface area (TPSA) is 115 Å². The molecule has 0 bridgehead atoms. The Hall–Kier alpha value is -3.53. The lowest BCUT2D eigenvalue weighted by Gasteiger charge is -2.24. The molecular formula is C26H26N4O4S. The highest BCUT2D eigenvalue weighted by Crippen LogP contribution is 2.45. The second-order valence-corrected chi connectivity index (χ2v) is 11.4. The van der Waals surface area contributed by atoms with E-state index in [9.17, 15) is 18.3 Å². The molecule has 0 saturated carbocycles. The van der Waals surface area contributed by atoms with Crippen LogP contribution in [0.4, 0.5) is 5.69 Å². The summed E-state index contributed by atoms with van der Waals surface area (Å²) in [6.45, 7) is 5.53. The minimum absolute atomic E-state index is 0.0585. The van der Waals surface area contributed by atoms with E-state index in [1.165, 1.54) is 24.3 Å². The smallest absolute Gasteiger partial charge is 0.268 e. The molecule has 9 heteroatoms. The number of nitrogens with one attached hydrogen (secondary N) is 2. The first-order valence-corrected chi connectivity index (χ1v) is 12.7. The van der Waals surface area contributed by atoms with Gasteiger partial charge in [0.2, 0.25) is 10.0 Å². The summed E-state index contributed by atoms with van der Waals surface area (Å²) in [5.41, 5.74) is 1.35. The summed E-state index contributed by atoms with van der Waals surface area (Å²) in [5, 5.41) is 11.8. The molecule has 0 saturated heterocycles. The number of fused-ring (bicyclic) bond motifs is 2. The Labute approximate surface area is 203 Å². The molecule has 0 aliphatic carbocycles. The molecule has 8 nitrogen and oxygen atoms in total. The van der Waals surface area contributed by atoms with Crippen molar-refractivity contribution in [3.63, 3.8) is 0 Å². The van der Waals surface area contributed by atoms with Crippen LogP contribution in [0.1, 0.15) is 37.5 Å². The van der Waals surface area contributed by atoms with Gasteiger partial charge in [0, 0.05) is 11.1 Å². The zero-order valence-electron chi connectivity index (χ0n) is 19.6. The van der Waals surface area contributed by atoms with Crippen molar-refractivity contribution in [2.24, 2.45) is 0 Å². The van der Waals surface area contributed by atoms with Gasteiger partial charge in [0.05, 0.1) is 34.5 Å². The molecule has 2 heterocycles. The molecule has 1 aliphatic rings. The van der Waals surface area contributed by atoms with Crippen LogP contribution in [0.25, 0.3) is 11.0 Å². The van der Waals surface area contributed by atoms with Crippen molar-refractivity contribution >= 4 is 32.7 Å². The monoisotopic (exact) mass is 490 g/mol. The van der Waals surface area contributed by atoms with Gasteiger partial charge in [0.1, 0.15) is 0 Å². The van der Waals surface area contributed by atoms with Crippen molar-refractivity contribution in [3.05, 3.63) is 89.7 Å². The van der Waals surface area contributed by atoms with Crippen molar-refractivity contribution in [1.82, 2.24) is 14.7 Å². The van der Waals surface area contributed by atoms with E-state index in [0.29, 0.717) is 16.8 Å². The fourth-order valence-electron chi connectivity index (χ4n) is 4.47. The number of para-hydroxylation sites is 1. The number of carbonyl (C=O) groups is 1. The number of benzene rings is 3. The molecule has 35 heavy (non-hydrogen) atoms. The number of rotatable bonds is 5. The lowest BCUT2D eigenvalue weighted by molar-refractivity contribution is -0.132. The van der Waals surface area contributed by atoms with Gasteiger partial charge in [0.15, 0.2) is 5.60 Å². The number of sulfonamides is 1. The lowest BCUT2D eigenvalue weighted by atomic mass is 9.87. The maximum Gasteiger partial charge on any atom is 0.268 e. The summed E-state index contributed by atoms with van der Waals surface area (Å²) < 4.78 is 28.0. The minimum Gasteiger partial charge on any atom is -0.372 e. The average molecular weight is 491 g/mol. The number of carbonyl (C=O) groups excluding carboxylic acids is 1. The summed E-state index contributed by atoms with van der Waals surface area (Å²) in [7, 11) is -3.75. The lowest BCUT2D eigenvalue weighted by Crippen LogP contribution is -2.41. The Morgan fingerprint density at radius 3 is 2.49 bits per heavy atom. The SMILES string of the molecule is CC(C)(C)NS(=O)(=O)c1ccc(C2(O)C(=O)N(Cc3ccc4nc[nH]c4c3)c3ccccc32)cc1. The van der Waals surface area contributed by atoms with Crippen LogP contribution in [0.5, 0.6) is 0 Å². The van der Waals surface area contributed by atoms with Crippen molar-refractivity contribution in [3.8, 4) is 0 Å². The maximum absolute atomic E-state index is 13.7. The molecule has 0 spiro atoms. The van der Waals surface area contributed by atoms with Crippen molar-refractivity contribution in [1.29, 1.82) is 0 Å². The molecule has 0 fully saturated rings. The Kier molecular flexibility index (Phi) is 5.32. The van der Waals surface area contributed by atoms with E-state index >= 15 is 0 Å². The van der Waals surface area contributed by atoms with Gasteiger partial charge in [-0.25, -0.2) is 18.1 Å². The highest BCUT2D eigenvalue weighted by molar-refractivity contribution is 7.89. The van der Waals surface area contributed by atoms with Gasteiger partial charge in [-0.05, 0) is 62.2 Å². The van der Waals surface area contributed by atoms with Crippen LogP contribution in [0.3, 0.4) is 0 Å². The predicted molar refractivity (Wildman–Crippen MR) is 133 cm³/mol. The molecule has 180 valence electrons. The molecule has 1 aliphatic heterocycles. The highest BCUT2D eigenvalue weighted by atomic mass is 32.2. The summed E-state index contributed by atoms with van der Waals surface area (Å²) in [6, 6.07) is 18.6. The Balaban J connectivity index is 1.51. The summed E-state index contributed by atoms with van der Waals surface area (Å²) >= 11 is 0. The number of nitrogens with zero attached hydrogens (tertiary/aromatic N) is 2. The molecule has 1 amide bonds. The van der Waals surface area contributed by atoms with Gasteiger partial charge in [-0.1, -0.05) is 36.4 Å². The van der Waals surface area contributed by atoms with E-state index in [1.54, 1.807) is 50.2 Å². The normalized spacial score (nSPS) is 18.3. The number of anilines is 1. The van der Waals surface area contributed by atoms with Crippen LogP contribution in [0.2, 0.25) is 0 Å². The third-order valence-electron chi connectivity index (χ3n) is 5.99. The first-order valence-electron chi connectivity index (χ1n) is 11.2. The highest BCUT2D eigenvalue weighted by Gasteiger charge is 2.51. The third-order valence-corrected chi connectivity index (χ3v) is 7.76. The molecule has 1 aromatic heterocycles. The molecule has 1 unspecified atom stereocenters. The van der Waals surface area contributed by atoms with E-state index in [0.717, 1.165) is 16.6 Å². The zero-order valence-corrected chi connectivity index (χ0v) is 20.4. The zero-order chi connectivity index (χ0) is 25.0. The number of imidazole rings is 1. The van der Waals surface area contributed by atoms with E-state index in [-0.39, 0.29) is 11.4 Å². The van der Waals surface area contributed by atoms with Gasteiger partial charge in [0.25, 0.3) is 5.91 Å². The standard InChI is InChI=1S/C26H26N4O4S/c1-25(2,3)29-35(33,34)19-11-9-18(10-12-19)26(32)20-6-4-5-7-23(20)30(24(26)31)15-17-8-13-21-22(14-17)28-16-27-21/h4-14,16,29,32H,15H2,1-3H3,(H,27,28). The fraction of sp³-hybridized carbons (Fsp3) is 0.231. The van der Waals surface area contributed by atoms with E-state index in [2.05, 4.69) is 14.7 Å². The number of aromatic nitrogens is 2. The first-order chi connectivity index (χ1) is 16.5. The largest absolute Gasteiger partial charge is 0.372 e. The van der Waals surface area contributed by atoms with Crippen molar-refractivity contribution < 1.29 is 18.3 Å². The summed E-state index contributed by atoms with van der Waals surface area (Å²) in [5.74, 6) is -0.494. The predicted octanol–water partition coefficient (Wildman–Crippen LogP) is 3.42. The summed E-state index contributed by atoms with van der Waals surface area (Å²) in [6.07, 6.45) is 1.62. The number of hydrogen-bond acceptors (Lipinski definition) is 5. The number of amides is 1. The van der Waals surface area contributed by atoms with Crippen LogP contribution in [0, 0.1) is 0 Å². The fourth-order valence-corrected chi connectivity index (χ4v) is 5.89. The van der Waals surface area contributed by atoms with Gasteiger partial charge in [-0.2, -0.15) is 0 Å². The minimum atomic E-state index is -3.75. The van der Waals surface area contributed by atoms with Gasteiger partial charge >= 0.3 is 0 Å². The Morgan fingerprint density at radius 2 is 1.77 bits per heavy atom. The van der Waals surface area contributed by atoms with Crippen LogP contribution in [0.15, 0.2) is 78.0 Å². The molecule has 5 rings (SSSR count). The quantitative estimate of drug-likeness (QED) is 0.397. The first kappa shape index (κ1) is 23.2. The summed E-state index contributed by atoms with van der Waals surface area (Å²) in [4.78, 5) is 22.6. The molecule has 1 atom stereocenters.